The van der Waals surface area contributed by atoms with E-state index in [2.05, 4.69) is 34.3 Å². The van der Waals surface area contributed by atoms with Gasteiger partial charge < -0.3 is 19.7 Å². The van der Waals surface area contributed by atoms with E-state index in [0.29, 0.717) is 23.1 Å². The maximum absolute atomic E-state index is 12.8. The van der Waals surface area contributed by atoms with Gasteiger partial charge >= 0.3 is 0 Å². The number of nitrogens with one attached hydrogen (secondary N) is 1. The first-order valence-electron chi connectivity index (χ1n) is 10.4. The Morgan fingerprint density at radius 3 is 2.72 bits per heavy atom. The van der Waals surface area contributed by atoms with Gasteiger partial charge in [0.05, 0.1) is 0 Å². The monoisotopic (exact) mass is 393 g/mol. The first kappa shape index (κ1) is 18.5. The number of aryl methyl sites for hydroxylation is 1. The van der Waals surface area contributed by atoms with Gasteiger partial charge in [0.25, 0.3) is 5.91 Å². The van der Waals surface area contributed by atoms with Crippen LogP contribution in [0.15, 0.2) is 36.4 Å². The molecule has 0 saturated carbocycles. The summed E-state index contributed by atoms with van der Waals surface area (Å²) >= 11 is 0. The minimum absolute atomic E-state index is 0.129. The molecule has 2 aromatic carbocycles. The quantitative estimate of drug-likeness (QED) is 0.867. The van der Waals surface area contributed by atoms with Crippen molar-refractivity contribution in [1.82, 2.24) is 9.80 Å². The topological polar surface area (TPSA) is 54.0 Å². The number of fused-ring (bicyclic) bond motifs is 2. The van der Waals surface area contributed by atoms with Crippen molar-refractivity contribution in [3.63, 3.8) is 0 Å². The van der Waals surface area contributed by atoms with Crippen molar-refractivity contribution >= 4 is 11.6 Å². The number of amides is 1. The second-order valence-corrected chi connectivity index (χ2v) is 8.18. The zero-order chi connectivity index (χ0) is 19.8. The second-order valence-electron chi connectivity index (χ2n) is 8.18. The molecule has 1 atom stereocenters. The molecule has 1 saturated heterocycles. The average molecular weight is 393 g/mol. The van der Waals surface area contributed by atoms with Gasteiger partial charge in [-0.15, -0.1) is 0 Å². The number of anilines is 1. The predicted molar refractivity (Wildman–Crippen MR) is 112 cm³/mol. The molecule has 152 valence electrons. The summed E-state index contributed by atoms with van der Waals surface area (Å²) in [5.41, 5.74) is 4.22. The number of likely N-dealkylation sites (N-methyl/N-ethyl adjacent to an activating group) is 1. The fourth-order valence-corrected chi connectivity index (χ4v) is 4.61. The van der Waals surface area contributed by atoms with Crippen LogP contribution in [0.25, 0.3) is 0 Å². The molecular weight excluding hydrogens is 366 g/mol. The Balaban J connectivity index is 1.35. The molecule has 0 radical (unpaired) electrons. The van der Waals surface area contributed by atoms with Crippen LogP contribution in [0.5, 0.6) is 11.5 Å². The number of carbonyl (C=O) groups excluding carboxylic acids is 1. The highest BCUT2D eigenvalue weighted by molar-refractivity contribution is 6.04. The first-order chi connectivity index (χ1) is 14.2. The summed E-state index contributed by atoms with van der Waals surface area (Å²) in [5.74, 6) is 1.18. The van der Waals surface area contributed by atoms with Crippen LogP contribution in [0.3, 0.4) is 0 Å². The molecule has 3 aliphatic rings. The number of rotatable bonds is 3. The third kappa shape index (κ3) is 3.70. The van der Waals surface area contributed by atoms with Crippen molar-refractivity contribution in [2.75, 3.05) is 45.3 Å². The molecule has 0 aromatic heterocycles. The Bertz CT molecular complexity index is 922. The normalized spacial score (nSPS) is 21.6. The molecule has 1 unspecified atom stereocenters. The van der Waals surface area contributed by atoms with Crippen molar-refractivity contribution in [2.45, 2.75) is 25.3 Å². The molecule has 6 heteroatoms. The van der Waals surface area contributed by atoms with Gasteiger partial charge in [0.15, 0.2) is 11.5 Å². The number of piperazine rings is 1. The summed E-state index contributed by atoms with van der Waals surface area (Å²) < 4.78 is 10.7. The van der Waals surface area contributed by atoms with Crippen LogP contribution in [0, 0.1) is 0 Å². The molecule has 1 fully saturated rings. The molecule has 2 aliphatic heterocycles. The van der Waals surface area contributed by atoms with Crippen LogP contribution >= 0.6 is 0 Å². The number of benzene rings is 2. The van der Waals surface area contributed by atoms with Crippen LogP contribution in [0.1, 0.15) is 40.4 Å². The average Bonchev–Trinajstić information content (AvgIpc) is 3.22. The van der Waals surface area contributed by atoms with E-state index in [1.165, 1.54) is 24.0 Å². The lowest BCUT2D eigenvalue weighted by molar-refractivity contribution is 0.102. The van der Waals surface area contributed by atoms with E-state index >= 15 is 0 Å². The highest BCUT2D eigenvalue weighted by atomic mass is 16.7. The Hall–Kier alpha value is -2.57. The highest BCUT2D eigenvalue weighted by Gasteiger charge is 2.28. The second kappa shape index (κ2) is 7.69. The first-order valence-corrected chi connectivity index (χ1v) is 10.4. The maximum atomic E-state index is 12.8. The van der Waals surface area contributed by atoms with Crippen LogP contribution in [0.2, 0.25) is 0 Å². The number of carbonyl (C=O) groups is 1. The molecule has 1 aliphatic carbocycles. The largest absolute Gasteiger partial charge is 0.454 e. The van der Waals surface area contributed by atoms with E-state index in [-0.39, 0.29) is 12.7 Å². The summed E-state index contributed by atoms with van der Waals surface area (Å²) in [5, 5.41) is 3.07. The Labute approximate surface area is 171 Å². The lowest BCUT2D eigenvalue weighted by Crippen LogP contribution is -2.46. The fraction of sp³-hybridized carbons (Fsp3) is 0.435. The highest BCUT2D eigenvalue weighted by Crippen LogP contribution is 2.37. The molecule has 1 amide bonds. The maximum Gasteiger partial charge on any atom is 0.255 e. The summed E-state index contributed by atoms with van der Waals surface area (Å²) in [7, 11) is 2.19. The van der Waals surface area contributed by atoms with Gasteiger partial charge in [-0.3, -0.25) is 9.69 Å². The minimum atomic E-state index is -0.129. The van der Waals surface area contributed by atoms with Gasteiger partial charge in [-0.1, -0.05) is 6.07 Å². The molecule has 2 aromatic rings. The molecule has 5 rings (SSSR count). The number of nitrogens with zero attached hydrogens (tertiary/aromatic N) is 2. The molecule has 1 N–H and O–H groups in total. The van der Waals surface area contributed by atoms with Gasteiger partial charge in [-0.25, -0.2) is 0 Å². The van der Waals surface area contributed by atoms with Gasteiger partial charge in [-0.2, -0.15) is 0 Å². The standard InChI is InChI=1S/C23H27N3O3/c1-25-9-11-26(12-10-25)20-4-2-3-16-5-7-18(14-19(16)20)24-23(27)17-6-8-21-22(13-17)29-15-28-21/h5-8,13-14,20H,2-4,9-12,15H2,1H3,(H,24,27). The van der Waals surface area contributed by atoms with Crippen LogP contribution in [-0.4, -0.2) is 55.7 Å². The van der Waals surface area contributed by atoms with Crippen molar-refractivity contribution in [3.8, 4) is 11.5 Å². The van der Waals surface area contributed by atoms with Crippen molar-refractivity contribution in [1.29, 1.82) is 0 Å². The third-order valence-corrected chi connectivity index (χ3v) is 6.30. The molecular formula is C23H27N3O3. The zero-order valence-electron chi connectivity index (χ0n) is 16.8. The lowest BCUT2D eigenvalue weighted by atomic mass is 9.86. The third-order valence-electron chi connectivity index (χ3n) is 6.30. The Morgan fingerprint density at radius 2 is 1.86 bits per heavy atom. The van der Waals surface area contributed by atoms with E-state index in [4.69, 9.17) is 9.47 Å². The lowest BCUT2D eigenvalue weighted by Gasteiger charge is -2.40. The smallest absolute Gasteiger partial charge is 0.255 e. The fourth-order valence-electron chi connectivity index (χ4n) is 4.61. The molecule has 2 heterocycles. The summed E-state index contributed by atoms with van der Waals surface area (Å²) in [6.07, 6.45) is 3.54. The van der Waals surface area contributed by atoms with E-state index in [1.807, 2.05) is 6.07 Å². The van der Waals surface area contributed by atoms with Gasteiger partial charge in [0, 0.05) is 43.5 Å². The van der Waals surface area contributed by atoms with E-state index < -0.39 is 0 Å². The number of hydrogen-bond acceptors (Lipinski definition) is 5. The van der Waals surface area contributed by atoms with Crippen molar-refractivity contribution in [2.24, 2.45) is 0 Å². The van der Waals surface area contributed by atoms with Gasteiger partial charge in [0.1, 0.15) is 0 Å². The van der Waals surface area contributed by atoms with Gasteiger partial charge in [0.2, 0.25) is 6.79 Å². The van der Waals surface area contributed by atoms with E-state index in [9.17, 15) is 4.79 Å². The predicted octanol–water partition coefficient (Wildman–Crippen LogP) is 3.29. The summed E-state index contributed by atoms with van der Waals surface area (Å²) in [6.45, 7) is 4.65. The van der Waals surface area contributed by atoms with Crippen molar-refractivity contribution in [3.05, 3.63) is 53.1 Å². The molecule has 29 heavy (non-hydrogen) atoms. The minimum Gasteiger partial charge on any atom is -0.454 e. The van der Waals surface area contributed by atoms with Crippen LogP contribution < -0.4 is 14.8 Å². The van der Waals surface area contributed by atoms with Gasteiger partial charge in [-0.05, 0) is 67.8 Å². The number of hydrogen-bond donors (Lipinski definition) is 1. The summed E-state index contributed by atoms with van der Waals surface area (Å²) in [4.78, 5) is 17.8. The molecule has 6 nitrogen and oxygen atoms in total. The Kier molecular flexibility index (Phi) is 4.89. The zero-order valence-corrected chi connectivity index (χ0v) is 16.8. The van der Waals surface area contributed by atoms with Crippen molar-refractivity contribution < 1.29 is 14.3 Å². The molecule has 0 spiro atoms. The van der Waals surface area contributed by atoms with Crippen LogP contribution in [-0.2, 0) is 6.42 Å². The SMILES string of the molecule is CN1CCN(C2CCCc3ccc(NC(=O)c4ccc5c(c4)OCO5)cc32)CC1. The Morgan fingerprint density at radius 1 is 1.03 bits per heavy atom. The summed E-state index contributed by atoms with van der Waals surface area (Å²) in [6, 6.07) is 12.1. The van der Waals surface area contributed by atoms with E-state index in [1.54, 1.807) is 18.2 Å². The van der Waals surface area contributed by atoms with Crippen LogP contribution in [0.4, 0.5) is 5.69 Å². The number of ether oxygens (including phenoxy) is 2. The molecule has 0 bridgehead atoms. The van der Waals surface area contributed by atoms with E-state index in [0.717, 1.165) is 38.3 Å².